The molecule has 0 aliphatic carbocycles. The van der Waals surface area contributed by atoms with Gasteiger partial charge in [0.25, 0.3) is 5.91 Å². The second-order valence-corrected chi connectivity index (χ2v) is 5.57. The van der Waals surface area contributed by atoms with E-state index in [2.05, 4.69) is 16.0 Å². The Kier molecular flexibility index (Phi) is 6.83. The zero-order valence-electron chi connectivity index (χ0n) is 14.5. The molecular weight excluding hydrogens is 318 g/mol. The second kappa shape index (κ2) is 9.32. The molecule has 2 aromatic carbocycles. The number of amides is 3. The number of nitrogens with one attached hydrogen (secondary N) is 3. The van der Waals surface area contributed by atoms with Crippen molar-refractivity contribution in [2.24, 2.45) is 0 Å². The van der Waals surface area contributed by atoms with Crippen molar-refractivity contribution in [3.05, 3.63) is 59.7 Å². The molecule has 0 saturated heterocycles. The lowest BCUT2D eigenvalue weighted by molar-refractivity contribution is -0.122. The fourth-order valence-electron chi connectivity index (χ4n) is 2.24. The number of hydrogen-bond acceptors (Lipinski definition) is 3. The Balaban J connectivity index is 1.84. The van der Waals surface area contributed by atoms with Gasteiger partial charge < -0.3 is 20.7 Å². The van der Waals surface area contributed by atoms with Crippen LogP contribution in [0.2, 0.25) is 0 Å². The van der Waals surface area contributed by atoms with Crippen LogP contribution in [0.4, 0.5) is 10.5 Å². The summed E-state index contributed by atoms with van der Waals surface area (Å²) in [6.07, 6.45) is 0. The molecule has 0 bridgehead atoms. The third-order valence-electron chi connectivity index (χ3n) is 3.37. The minimum Gasteiger partial charge on any atom is -0.484 e. The van der Waals surface area contributed by atoms with Crippen LogP contribution in [0.15, 0.2) is 48.5 Å². The zero-order chi connectivity index (χ0) is 18.1. The molecular formula is C19H23N3O3. The van der Waals surface area contributed by atoms with Crippen molar-refractivity contribution < 1.29 is 14.3 Å². The lowest BCUT2D eigenvalue weighted by Crippen LogP contribution is -2.29. The summed E-state index contributed by atoms with van der Waals surface area (Å²) in [5.41, 5.74) is 2.78. The van der Waals surface area contributed by atoms with E-state index in [1.807, 2.05) is 38.1 Å². The molecule has 0 heterocycles. The van der Waals surface area contributed by atoms with Crippen LogP contribution in [-0.2, 0) is 11.3 Å². The van der Waals surface area contributed by atoms with E-state index in [0.29, 0.717) is 24.5 Å². The van der Waals surface area contributed by atoms with Gasteiger partial charge in [-0.2, -0.15) is 0 Å². The SMILES string of the molecule is CCNC(=O)COc1cccc(NC(=O)NCc2cccc(C)c2)c1. The molecule has 2 aromatic rings. The smallest absolute Gasteiger partial charge is 0.319 e. The number of benzene rings is 2. The Labute approximate surface area is 147 Å². The second-order valence-electron chi connectivity index (χ2n) is 5.57. The Morgan fingerprint density at radius 2 is 1.84 bits per heavy atom. The number of carbonyl (C=O) groups excluding carboxylic acids is 2. The van der Waals surface area contributed by atoms with Crippen LogP contribution in [0.25, 0.3) is 0 Å². The first-order valence-electron chi connectivity index (χ1n) is 8.17. The van der Waals surface area contributed by atoms with Crippen molar-refractivity contribution in [2.75, 3.05) is 18.5 Å². The van der Waals surface area contributed by atoms with Crippen LogP contribution >= 0.6 is 0 Å². The molecule has 132 valence electrons. The van der Waals surface area contributed by atoms with Crippen LogP contribution in [0.1, 0.15) is 18.1 Å². The van der Waals surface area contributed by atoms with Gasteiger partial charge in [0.2, 0.25) is 0 Å². The third kappa shape index (κ3) is 6.55. The minimum atomic E-state index is -0.303. The van der Waals surface area contributed by atoms with Crippen molar-refractivity contribution in [3.8, 4) is 5.75 Å². The number of hydrogen-bond donors (Lipinski definition) is 3. The summed E-state index contributed by atoms with van der Waals surface area (Å²) in [6, 6.07) is 14.6. The number of ether oxygens (including phenoxy) is 1. The quantitative estimate of drug-likeness (QED) is 0.724. The fraction of sp³-hybridized carbons (Fsp3) is 0.263. The molecule has 0 fully saturated rings. The topological polar surface area (TPSA) is 79.5 Å². The summed E-state index contributed by atoms with van der Waals surface area (Å²) in [5, 5.41) is 8.21. The number of aryl methyl sites for hydroxylation is 1. The first-order valence-corrected chi connectivity index (χ1v) is 8.17. The van der Waals surface area contributed by atoms with Crippen LogP contribution in [0.3, 0.4) is 0 Å². The molecule has 0 aliphatic heterocycles. The predicted octanol–water partition coefficient (Wildman–Crippen LogP) is 2.83. The lowest BCUT2D eigenvalue weighted by Gasteiger charge is -2.10. The van der Waals surface area contributed by atoms with Crippen LogP contribution in [0.5, 0.6) is 5.75 Å². The molecule has 0 spiro atoms. The van der Waals surface area contributed by atoms with Crippen molar-refractivity contribution >= 4 is 17.6 Å². The Hall–Kier alpha value is -3.02. The molecule has 0 unspecified atom stereocenters. The molecule has 0 atom stereocenters. The molecule has 25 heavy (non-hydrogen) atoms. The predicted molar refractivity (Wildman–Crippen MR) is 97.7 cm³/mol. The number of rotatable bonds is 7. The summed E-state index contributed by atoms with van der Waals surface area (Å²) < 4.78 is 5.40. The summed E-state index contributed by atoms with van der Waals surface area (Å²) in [4.78, 5) is 23.4. The van der Waals surface area contributed by atoms with Gasteiger partial charge in [-0.3, -0.25) is 4.79 Å². The van der Waals surface area contributed by atoms with Gasteiger partial charge in [0, 0.05) is 24.8 Å². The molecule has 3 amide bonds. The molecule has 0 aliphatic rings. The Bertz CT molecular complexity index is 731. The van der Waals surface area contributed by atoms with Gasteiger partial charge in [0.05, 0.1) is 0 Å². The fourth-order valence-corrected chi connectivity index (χ4v) is 2.24. The van der Waals surface area contributed by atoms with Gasteiger partial charge in [-0.25, -0.2) is 4.79 Å². The molecule has 6 heteroatoms. The van der Waals surface area contributed by atoms with Crippen molar-refractivity contribution in [1.82, 2.24) is 10.6 Å². The zero-order valence-corrected chi connectivity index (χ0v) is 14.5. The van der Waals surface area contributed by atoms with Crippen LogP contribution < -0.4 is 20.7 Å². The average Bonchev–Trinajstić information content (AvgIpc) is 2.59. The number of likely N-dealkylation sites (N-methyl/N-ethyl adjacent to an activating group) is 1. The summed E-state index contributed by atoms with van der Waals surface area (Å²) in [7, 11) is 0. The van der Waals surface area contributed by atoms with Gasteiger partial charge in [0.1, 0.15) is 5.75 Å². The molecule has 0 saturated carbocycles. The van der Waals surface area contributed by atoms with Gasteiger partial charge in [-0.15, -0.1) is 0 Å². The van der Waals surface area contributed by atoms with Crippen molar-refractivity contribution in [3.63, 3.8) is 0 Å². The highest BCUT2D eigenvalue weighted by Gasteiger charge is 2.05. The van der Waals surface area contributed by atoms with E-state index in [4.69, 9.17) is 4.74 Å². The van der Waals surface area contributed by atoms with Crippen molar-refractivity contribution in [2.45, 2.75) is 20.4 Å². The lowest BCUT2D eigenvalue weighted by atomic mass is 10.1. The minimum absolute atomic E-state index is 0.0587. The Morgan fingerprint density at radius 3 is 2.60 bits per heavy atom. The van der Waals surface area contributed by atoms with E-state index in [1.165, 1.54) is 0 Å². The van der Waals surface area contributed by atoms with E-state index >= 15 is 0 Å². The Morgan fingerprint density at radius 1 is 1.04 bits per heavy atom. The molecule has 3 N–H and O–H groups in total. The monoisotopic (exact) mass is 341 g/mol. The highest BCUT2D eigenvalue weighted by Crippen LogP contribution is 2.17. The maximum Gasteiger partial charge on any atom is 0.319 e. The largest absolute Gasteiger partial charge is 0.484 e. The summed E-state index contributed by atoms with van der Waals surface area (Å²) in [6.45, 7) is 4.80. The molecule has 0 aromatic heterocycles. The number of anilines is 1. The van der Waals surface area contributed by atoms with Crippen LogP contribution in [-0.4, -0.2) is 25.1 Å². The first-order chi connectivity index (χ1) is 12.1. The summed E-state index contributed by atoms with van der Waals surface area (Å²) >= 11 is 0. The van der Waals surface area contributed by atoms with E-state index in [0.717, 1.165) is 11.1 Å². The molecule has 6 nitrogen and oxygen atoms in total. The van der Waals surface area contributed by atoms with Crippen LogP contribution in [0, 0.1) is 6.92 Å². The maximum atomic E-state index is 12.0. The maximum absolute atomic E-state index is 12.0. The number of carbonyl (C=O) groups is 2. The third-order valence-corrected chi connectivity index (χ3v) is 3.37. The first kappa shape index (κ1) is 18.3. The van der Waals surface area contributed by atoms with E-state index in [-0.39, 0.29) is 18.5 Å². The number of urea groups is 1. The van der Waals surface area contributed by atoms with Crippen molar-refractivity contribution in [1.29, 1.82) is 0 Å². The van der Waals surface area contributed by atoms with Gasteiger partial charge in [0.15, 0.2) is 6.61 Å². The van der Waals surface area contributed by atoms with E-state index in [1.54, 1.807) is 24.3 Å². The molecule has 0 radical (unpaired) electrons. The van der Waals surface area contributed by atoms with Gasteiger partial charge in [-0.1, -0.05) is 35.9 Å². The normalized spacial score (nSPS) is 10.0. The molecule has 2 rings (SSSR count). The van der Waals surface area contributed by atoms with E-state index < -0.39 is 0 Å². The van der Waals surface area contributed by atoms with Gasteiger partial charge in [-0.05, 0) is 31.5 Å². The summed E-state index contributed by atoms with van der Waals surface area (Å²) in [5.74, 6) is 0.333. The van der Waals surface area contributed by atoms with Gasteiger partial charge >= 0.3 is 6.03 Å². The van der Waals surface area contributed by atoms with E-state index in [9.17, 15) is 9.59 Å². The highest BCUT2D eigenvalue weighted by molar-refractivity contribution is 5.89. The highest BCUT2D eigenvalue weighted by atomic mass is 16.5. The standard InChI is InChI=1S/C19H23N3O3/c1-3-20-18(23)13-25-17-9-5-8-16(11-17)22-19(24)21-12-15-7-4-6-14(2)10-15/h4-11H,3,12-13H2,1-2H3,(H,20,23)(H2,21,22,24). The average molecular weight is 341 g/mol.